The first-order valence-corrected chi connectivity index (χ1v) is 5.69. The number of aromatic nitrogens is 3. The largest absolute Gasteiger partial charge is 0.275 e. The maximum absolute atomic E-state index is 6.05. The summed E-state index contributed by atoms with van der Waals surface area (Å²) in [5.41, 5.74) is 4.68. The number of halogens is 1. The number of pyridine rings is 1. The maximum atomic E-state index is 6.05. The van der Waals surface area contributed by atoms with Crippen molar-refractivity contribution in [1.29, 1.82) is 0 Å². The van der Waals surface area contributed by atoms with Gasteiger partial charge in [-0.1, -0.05) is 24.2 Å². The minimum absolute atomic E-state index is 0.524. The van der Waals surface area contributed by atoms with Crippen molar-refractivity contribution < 1.29 is 0 Å². The molecule has 2 aromatic rings. The van der Waals surface area contributed by atoms with Gasteiger partial charge >= 0.3 is 0 Å². The smallest absolute Gasteiger partial charge is 0.132 e. The first-order valence-electron chi connectivity index (χ1n) is 5.31. The molecule has 4 heteroatoms. The van der Waals surface area contributed by atoms with Crippen LogP contribution in [0.4, 0.5) is 0 Å². The molecule has 0 spiro atoms. The molecule has 3 nitrogen and oxygen atoms in total. The predicted molar refractivity (Wildman–Crippen MR) is 70.1 cm³/mol. The lowest BCUT2D eigenvalue weighted by Crippen LogP contribution is -1.96. The lowest BCUT2D eigenvalue weighted by atomic mass is 10.0. The number of hydrogen-bond donors (Lipinski definition) is 0. The molecule has 0 aliphatic carbocycles. The van der Waals surface area contributed by atoms with Crippen LogP contribution in [0.3, 0.4) is 0 Å². The van der Waals surface area contributed by atoms with E-state index in [1.54, 1.807) is 10.9 Å². The predicted octanol–water partition coefficient (Wildman–Crippen LogP) is 3.15. The van der Waals surface area contributed by atoms with Crippen LogP contribution in [-0.2, 0) is 7.05 Å². The summed E-state index contributed by atoms with van der Waals surface area (Å²) >= 11 is 6.05. The monoisotopic (exact) mass is 247 g/mol. The Morgan fingerprint density at radius 2 is 2.06 bits per heavy atom. The van der Waals surface area contributed by atoms with Gasteiger partial charge in [-0.25, -0.2) is 4.98 Å². The van der Waals surface area contributed by atoms with Gasteiger partial charge in [-0.05, 0) is 25.0 Å². The average Bonchev–Trinajstić information content (AvgIpc) is 2.69. The summed E-state index contributed by atoms with van der Waals surface area (Å²) in [6, 6.07) is 2.02. The van der Waals surface area contributed by atoms with E-state index >= 15 is 0 Å². The number of hydrogen-bond acceptors (Lipinski definition) is 2. The zero-order valence-corrected chi connectivity index (χ0v) is 10.9. The summed E-state index contributed by atoms with van der Waals surface area (Å²) in [6.45, 7) is 8.02. The molecule has 88 valence electrons. The van der Waals surface area contributed by atoms with Crippen molar-refractivity contribution in [2.45, 2.75) is 13.8 Å². The van der Waals surface area contributed by atoms with E-state index in [-0.39, 0.29) is 0 Å². The molecule has 0 saturated heterocycles. The second-order valence-electron chi connectivity index (χ2n) is 4.14. The molecule has 0 aliphatic heterocycles. The fourth-order valence-corrected chi connectivity index (χ4v) is 1.89. The van der Waals surface area contributed by atoms with Crippen molar-refractivity contribution in [1.82, 2.24) is 14.8 Å². The molecule has 0 fully saturated rings. The van der Waals surface area contributed by atoms with Crippen molar-refractivity contribution in [2.75, 3.05) is 0 Å². The Hall–Kier alpha value is -1.61. The molecule has 0 atom stereocenters. The minimum Gasteiger partial charge on any atom is -0.275 e. The summed E-state index contributed by atoms with van der Waals surface area (Å²) in [4.78, 5) is 4.39. The highest BCUT2D eigenvalue weighted by molar-refractivity contribution is 6.30. The van der Waals surface area contributed by atoms with E-state index < -0.39 is 0 Å². The van der Waals surface area contributed by atoms with E-state index in [9.17, 15) is 0 Å². The first kappa shape index (κ1) is 11.9. The summed E-state index contributed by atoms with van der Waals surface area (Å²) in [5, 5.41) is 4.65. The zero-order chi connectivity index (χ0) is 12.6. The molecule has 2 aromatic heterocycles. The van der Waals surface area contributed by atoms with Gasteiger partial charge in [0.15, 0.2) is 0 Å². The van der Waals surface area contributed by atoms with Gasteiger partial charge in [-0.3, -0.25) is 4.68 Å². The van der Waals surface area contributed by atoms with Crippen molar-refractivity contribution >= 4 is 17.2 Å². The Bertz CT molecular complexity index is 584. The second kappa shape index (κ2) is 4.34. The van der Waals surface area contributed by atoms with E-state index in [2.05, 4.69) is 16.7 Å². The zero-order valence-electron chi connectivity index (χ0n) is 10.2. The van der Waals surface area contributed by atoms with Crippen LogP contribution in [0.5, 0.6) is 0 Å². The third kappa shape index (κ3) is 2.24. The highest BCUT2D eigenvalue weighted by Crippen LogP contribution is 2.25. The van der Waals surface area contributed by atoms with Gasteiger partial charge in [-0.2, -0.15) is 5.10 Å². The van der Waals surface area contributed by atoms with Crippen molar-refractivity contribution in [3.05, 3.63) is 52.6 Å². The van der Waals surface area contributed by atoms with E-state index in [0.717, 1.165) is 28.0 Å². The Labute approximate surface area is 106 Å². The quantitative estimate of drug-likeness (QED) is 0.764. The van der Waals surface area contributed by atoms with Gasteiger partial charge in [0, 0.05) is 24.4 Å². The molecule has 0 unspecified atom stereocenters. The fraction of sp³-hybridized carbons (Fsp3) is 0.231. The van der Waals surface area contributed by atoms with Gasteiger partial charge < -0.3 is 0 Å². The third-order valence-electron chi connectivity index (χ3n) is 2.68. The second-order valence-corrected chi connectivity index (χ2v) is 4.50. The summed E-state index contributed by atoms with van der Waals surface area (Å²) < 4.78 is 1.74. The van der Waals surface area contributed by atoms with Crippen LogP contribution >= 0.6 is 11.6 Å². The van der Waals surface area contributed by atoms with Gasteiger partial charge in [0.1, 0.15) is 5.15 Å². The van der Waals surface area contributed by atoms with E-state index in [1.165, 1.54) is 0 Å². The number of rotatable bonds is 2. The van der Waals surface area contributed by atoms with Crippen LogP contribution in [0.25, 0.3) is 5.57 Å². The van der Waals surface area contributed by atoms with E-state index in [1.807, 2.05) is 33.2 Å². The van der Waals surface area contributed by atoms with Gasteiger partial charge in [0.05, 0.1) is 11.9 Å². The molecule has 0 radical (unpaired) electrons. The van der Waals surface area contributed by atoms with Crippen LogP contribution in [0, 0.1) is 13.8 Å². The van der Waals surface area contributed by atoms with Crippen LogP contribution in [-0.4, -0.2) is 14.8 Å². The fourth-order valence-electron chi connectivity index (χ4n) is 1.75. The molecule has 17 heavy (non-hydrogen) atoms. The van der Waals surface area contributed by atoms with E-state index in [4.69, 9.17) is 11.6 Å². The summed E-state index contributed by atoms with van der Waals surface area (Å²) in [5.74, 6) is 0. The normalized spacial score (nSPS) is 10.6. The highest BCUT2D eigenvalue weighted by atomic mass is 35.5. The molecule has 2 rings (SSSR count). The molecule has 0 N–H and O–H groups in total. The Balaban J connectivity index is 2.47. The SMILES string of the molecule is C=C(c1cnn(C)c1)c1nc(Cl)c(C)cc1C. The van der Waals surface area contributed by atoms with Gasteiger partial charge in [0.2, 0.25) is 0 Å². The van der Waals surface area contributed by atoms with Crippen LogP contribution < -0.4 is 0 Å². The molecule has 0 bridgehead atoms. The molecular weight excluding hydrogens is 234 g/mol. The summed E-state index contributed by atoms with van der Waals surface area (Å²) in [6.07, 6.45) is 3.69. The Kier molecular flexibility index (Phi) is 3.03. The highest BCUT2D eigenvalue weighted by Gasteiger charge is 2.11. The maximum Gasteiger partial charge on any atom is 0.132 e. The molecule has 2 heterocycles. The molecule has 0 saturated carbocycles. The molecular formula is C13H14ClN3. The van der Waals surface area contributed by atoms with Crippen molar-refractivity contribution in [3.8, 4) is 0 Å². The lowest BCUT2D eigenvalue weighted by Gasteiger charge is -2.08. The Morgan fingerprint density at radius 3 is 2.65 bits per heavy atom. The molecule has 0 aliphatic rings. The van der Waals surface area contributed by atoms with Crippen LogP contribution in [0.15, 0.2) is 25.0 Å². The van der Waals surface area contributed by atoms with E-state index in [0.29, 0.717) is 5.15 Å². The third-order valence-corrected chi connectivity index (χ3v) is 3.06. The minimum atomic E-state index is 0.524. The standard InChI is InChI=1S/C13H14ClN3/c1-8-5-9(2)13(14)16-12(8)10(3)11-6-15-17(4)7-11/h5-7H,3H2,1-2,4H3. The number of aryl methyl sites for hydroxylation is 3. The molecule has 0 aromatic carbocycles. The van der Waals surface area contributed by atoms with Crippen LogP contribution in [0.2, 0.25) is 5.15 Å². The van der Waals surface area contributed by atoms with Gasteiger partial charge in [0.25, 0.3) is 0 Å². The van der Waals surface area contributed by atoms with Gasteiger partial charge in [-0.15, -0.1) is 0 Å². The lowest BCUT2D eigenvalue weighted by molar-refractivity contribution is 0.767. The number of nitrogens with zero attached hydrogens (tertiary/aromatic N) is 3. The topological polar surface area (TPSA) is 30.7 Å². The summed E-state index contributed by atoms with van der Waals surface area (Å²) in [7, 11) is 1.87. The van der Waals surface area contributed by atoms with Crippen molar-refractivity contribution in [2.24, 2.45) is 7.05 Å². The average molecular weight is 248 g/mol. The van der Waals surface area contributed by atoms with Crippen molar-refractivity contribution in [3.63, 3.8) is 0 Å². The molecule has 0 amide bonds. The van der Waals surface area contributed by atoms with Crippen LogP contribution in [0.1, 0.15) is 22.4 Å². The first-order chi connectivity index (χ1) is 7.99. The Morgan fingerprint density at radius 1 is 1.35 bits per heavy atom.